The van der Waals surface area contributed by atoms with E-state index in [9.17, 15) is 0 Å². The van der Waals surface area contributed by atoms with Gasteiger partial charge in [0.2, 0.25) is 5.95 Å². The summed E-state index contributed by atoms with van der Waals surface area (Å²) in [7, 11) is 1.68. The van der Waals surface area contributed by atoms with Crippen LogP contribution in [0.15, 0.2) is 42.6 Å². The van der Waals surface area contributed by atoms with E-state index < -0.39 is 0 Å². The van der Waals surface area contributed by atoms with Gasteiger partial charge < -0.3 is 24.7 Å². The van der Waals surface area contributed by atoms with E-state index in [1.165, 1.54) is 0 Å². The van der Waals surface area contributed by atoms with E-state index in [-0.39, 0.29) is 11.9 Å². The molecule has 4 heterocycles. The topological polar surface area (TPSA) is 105 Å². The molecule has 1 atom stereocenters. The average molecular weight is 520 g/mol. The minimum Gasteiger partial charge on any atom is -0.497 e. The molecule has 2 aromatic carbocycles. The molecule has 0 spiro atoms. The molecular formula is C27H29N5O4S. The number of hydrogen-bond donors (Lipinski definition) is 1. The smallest absolute Gasteiger partial charge is 0.220 e. The summed E-state index contributed by atoms with van der Waals surface area (Å²) >= 11 is 1.67. The van der Waals surface area contributed by atoms with Gasteiger partial charge >= 0.3 is 0 Å². The number of nitrogens with two attached hydrogens (primary N) is 1. The van der Waals surface area contributed by atoms with Crippen molar-refractivity contribution >= 4 is 27.5 Å². The van der Waals surface area contributed by atoms with Crippen LogP contribution >= 0.6 is 11.3 Å². The van der Waals surface area contributed by atoms with Gasteiger partial charge in [0.1, 0.15) is 34.4 Å². The lowest BCUT2D eigenvalue weighted by Crippen LogP contribution is -2.38. The Morgan fingerprint density at radius 2 is 2.03 bits per heavy atom. The monoisotopic (exact) mass is 519 g/mol. The van der Waals surface area contributed by atoms with Crippen LogP contribution in [-0.4, -0.2) is 73.0 Å². The van der Waals surface area contributed by atoms with Gasteiger partial charge in [-0.2, -0.15) is 0 Å². The van der Waals surface area contributed by atoms with E-state index in [1.807, 2.05) is 30.3 Å². The molecule has 10 heteroatoms. The zero-order valence-electron chi connectivity index (χ0n) is 20.7. The number of methoxy groups -OCH3 is 1. The number of aromatic nitrogens is 3. The Labute approximate surface area is 219 Å². The van der Waals surface area contributed by atoms with E-state index in [4.69, 9.17) is 29.7 Å². The molecule has 2 aromatic heterocycles. The summed E-state index contributed by atoms with van der Waals surface area (Å²) in [6.07, 6.45) is 2.51. The lowest BCUT2D eigenvalue weighted by Gasteiger charge is -2.26. The summed E-state index contributed by atoms with van der Waals surface area (Å²) < 4.78 is 24.3. The number of anilines is 1. The fourth-order valence-corrected chi connectivity index (χ4v) is 5.86. The quantitative estimate of drug-likeness (QED) is 0.391. The minimum atomic E-state index is 0.149. The van der Waals surface area contributed by atoms with Gasteiger partial charge in [-0.15, -0.1) is 11.3 Å². The molecule has 2 N–H and O–H groups in total. The highest BCUT2D eigenvalue weighted by atomic mass is 32.1. The summed E-state index contributed by atoms with van der Waals surface area (Å²) in [6.45, 7) is 5.37. The van der Waals surface area contributed by atoms with Gasteiger partial charge in [-0.1, -0.05) is 0 Å². The van der Waals surface area contributed by atoms with Crippen LogP contribution in [0.3, 0.4) is 0 Å². The Kier molecular flexibility index (Phi) is 6.77. The molecule has 0 bridgehead atoms. The molecule has 0 radical (unpaired) electrons. The van der Waals surface area contributed by atoms with Crippen LogP contribution in [0.1, 0.15) is 16.5 Å². The zero-order chi connectivity index (χ0) is 25.2. The van der Waals surface area contributed by atoms with E-state index in [0.717, 1.165) is 88.6 Å². The van der Waals surface area contributed by atoms with Crippen molar-refractivity contribution in [3.8, 4) is 28.5 Å². The summed E-state index contributed by atoms with van der Waals surface area (Å²) in [5, 5.41) is 1.03. The number of fused-ring (bicyclic) bond motifs is 2. The number of ether oxygens (including phenoxy) is 4. The van der Waals surface area contributed by atoms with Crippen LogP contribution < -0.4 is 19.9 Å². The van der Waals surface area contributed by atoms with Crippen molar-refractivity contribution in [2.24, 2.45) is 0 Å². The third-order valence-electron chi connectivity index (χ3n) is 6.74. The standard InChI is InChI=1S/C27H29N5O4S/c1-33-20-2-3-22-18(13-20)12-19(16-36-22)26-31-25-23(35-11-8-32-6-9-34-10-7-32)14-17(15-24(25)37-26)21-4-5-29-27(28)30-21/h2-5,13-15,19H,6-12,16H2,1H3,(H2,28,29,30). The Morgan fingerprint density at radius 1 is 1.14 bits per heavy atom. The number of hydrogen-bond acceptors (Lipinski definition) is 10. The number of nitrogen functional groups attached to an aromatic ring is 1. The van der Waals surface area contributed by atoms with Crippen molar-refractivity contribution in [1.29, 1.82) is 0 Å². The molecule has 1 saturated heterocycles. The van der Waals surface area contributed by atoms with E-state index in [1.54, 1.807) is 24.6 Å². The van der Waals surface area contributed by atoms with E-state index >= 15 is 0 Å². The molecule has 192 valence electrons. The first kappa shape index (κ1) is 23.9. The molecule has 6 rings (SSSR count). The Bertz CT molecular complexity index is 1410. The Balaban J connectivity index is 1.31. The third kappa shape index (κ3) is 5.18. The van der Waals surface area contributed by atoms with Crippen molar-refractivity contribution in [1.82, 2.24) is 19.9 Å². The lowest BCUT2D eigenvalue weighted by molar-refractivity contribution is 0.0323. The highest BCUT2D eigenvalue weighted by molar-refractivity contribution is 7.18. The van der Waals surface area contributed by atoms with Gasteiger partial charge in [0, 0.05) is 37.3 Å². The maximum absolute atomic E-state index is 6.34. The van der Waals surface area contributed by atoms with Crippen molar-refractivity contribution < 1.29 is 18.9 Å². The first-order valence-electron chi connectivity index (χ1n) is 12.4. The highest BCUT2D eigenvalue weighted by Gasteiger charge is 2.26. The van der Waals surface area contributed by atoms with Crippen LogP contribution in [0, 0.1) is 0 Å². The second-order valence-corrected chi connectivity index (χ2v) is 10.2. The number of rotatable bonds is 7. The summed E-state index contributed by atoms with van der Waals surface area (Å²) in [6, 6.07) is 11.9. The molecule has 1 unspecified atom stereocenters. The van der Waals surface area contributed by atoms with Gasteiger partial charge in [-0.05, 0) is 48.4 Å². The summed E-state index contributed by atoms with van der Waals surface area (Å²) in [5.74, 6) is 2.88. The zero-order valence-corrected chi connectivity index (χ0v) is 21.5. The van der Waals surface area contributed by atoms with Crippen molar-refractivity contribution in [3.63, 3.8) is 0 Å². The second kappa shape index (κ2) is 10.5. The van der Waals surface area contributed by atoms with Crippen molar-refractivity contribution in [2.45, 2.75) is 12.3 Å². The molecule has 0 aliphatic carbocycles. The number of nitrogens with zero attached hydrogens (tertiary/aromatic N) is 4. The normalized spacial score (nSPS) is 17.8. The molecule has 2 aliphatic rings. The second-order valence-electron chi connectivity index (χ2n) is 9.16. The first-order chi connectivity index (χ1) is 18.2. The Hall–Kier alpha value is -3.47. The highest BCUT2D eigenvalue weighted by Crippen LogP contribution is 2.40. The summed E-state index contributed by atoms with van der Waals surface area (Å²) in [5.41, 5.74) is 9.55. The first-order valence-corrected chi connectivity index (χ1v) is 13.2. The third-order valence-corrected chi connectivity index (χ3v) is 7.90. The SMILES string of the molecule is COc1ccc2c(c1)CC(c1nc3c(OCCN4CCOCC4)cc(-c4ccnc(N)n4)cc3s1)CO2. The van der Waals surface area contributed by atoms with Crippen molar-refractivity contribution in [3.05, 3.63) is 53.2 Å². The Morgan fingerprint density at radius 3 is 2.86 bits per heavy atom. The molecular weight excluding hydrogens is 490 g/mol. The molecule has 9 nitrogen and oxygen atoms in total. The number of benzene rings is 2. The molecule has 0 amide bonds. The largest absolute Gasteiger partial charge is 0.497 e. The average Bonchev–Trinajstić information content (AvgIpc) is 3.37. The van der Waals surface area contributed by atoms with Crippen molar-refractivity contribution in [2.75, 3.05) is 58.9 Å². The van der Waals surface area contributed by atoms with Crippen LogP contribution in [0.5, 0.6) is 17.2 Å². The molecule has 4 aromatic rings. The van der Waals surface area contributed by atoms with Gasteiger partial charge in [-0.25, -0.2) is 15.0 Å². The van der Waals surface area contributed by atoms with Crippen LogP contribution in [0.4, 0.5) is 5.95 Å². The maximum Gasteiger partial charge on any atom is 0.220 e. The van der Waals surface area contributed by atoms with Crippen LogP contribution in [0.2, 0.25) is 0 Å². The fourth-order valence-electron chi connectivity index (χ4n) is 4.75. The fraction of sp³-hybridized carbons (Fsp3) is 0.370. The number of thiazole rings is 1. The van der Waals surface area contributed by atoms with E-state index in [2.05, 4.69) is 20.9 Å². The molecule has 0 saturated carbocycles. The lowest BCUT2D eigenvalue weighted by atomic mass is 9.97. The van der Waals surface area contributed by atoms with Gasteiger partial charge in [0.15, 0.2) is 0 Å². The minimum absolute atomic E-state index is 0.149. The van der Waals surface area contributed by atoms with E-state index in [0.29, 0.717) is 13.2 Å². The van der Waals surface area contributed by atoms with Crippen LogP contribution in [0.25, 0.3) is 21.5 Å². The van der Waals surface area contributed by atoms with Crippen LogP contribution in [-0.2, 0) is 11.2 Å². The number of morpholine rings is 1. The summed E-state index contributed by atoms with van der Waals surface area (Å²) in [4.78, 5) is 15.9. The predicted molar refractivity (Wildman–Crippen MR) is 143 cm³/mol. The molecule has 1 fully saturated rings. The predicted octanol–water partition coefficient (Wildman–Crippen LogP) is 3.77. The molecule has 2 aliphatic heterocycles. The van der Waals surface area contributed by atoms with Gasteiger partial charge in [0.25, 0.3) is 0 Å². The van der Waals surface area contributed by atoms with Gasteiger partial charge in [-0.3, -0.25) is 4.90 Å². The van der Waals surface area contributed by atoms with Gasteiger partial charge in [0.05, 0.1) is 37.3 Å². The molecule has 37 heavy (non-hydrogen) atoms. The maximum atomic E-state index is 6.34.